The molecule has 1 spiro atoms. The van der Waals surface area contributed by atoms with Crippen molar-refractivity contribution in [2.24, 2.45) is 11.3 Å². The van der Waals surface area contributed by atoms with Crippen LogP contribution in [0.2, 0.25) is 0 Å². The van der Waals surface area contributed by atoms with Gasteiger partial charge < -0.3 is 12.7 Å². The van der Waals surface area contributed by atoms with Gasteiger partial charge in [0.2, 0.25) is 0 Å². The van der Waals surface area contributed by atoms with Gasteiger partial charge in [0.15, 0.2) is 0 Å². The van der Waals surface area contributed by atoms with Crippen LogP contribution in [0, 0.1) is 18.8 Å². The predicted molar refractivity (Wildman–Crippen MR) is 58.8 cm³/mol. The van der Waals surface area contributed by atoms with E-state index in [4.69, 9.17) is 0 Å². The second kappa shape index (κ2) is 7.03. The van der Waals surface area contributed by atoms with Crippen LogP contribution in [-0.4, -0.2) is 13.1 Å². The maximum Gasteiger partial charge on any atom is 1.00 e. The first kappa shape index (κ1) is 15.6. The molecule has 78 valence electrons. The van der Waals surface area contributed by atoms with Crippen LogP contribution < -0.4 is 51.4 Å². The third-order valence-electron chi connectivity index (χ3n) is 3.94. The molecule has 1 saturated carbocycles. The van der Waals surface area contributed by atoms with Crippen LogP contribution in [0.25, 0.3) is 5.32 Å². The average Bonchev–Trinajstić information content (AvgIpc) is 2.13. The third-order valence-corrected chi connectivity index (χ3v) is 3.94. The molecule has 0 atom stereocenters. The fourth-order valence-corrected chi connectivity index (χ4v) is 2.74. The Bertz CT molecular complexity index is 142. The molecular formula is C12H23KN-. The molecule has 1 heterocycles. The van der Waals surface area contributed by atoms with Crippen LogP contribution >= 0.6 is 0 Å². The zero-order valence-electron chi connectivity index (χ0n) is 10.2. The second-order valence-corrected chi connectivity index (χ2v) is 4.85. The number of hydrogen-bond acceptors (Lipinski definition) is 0. The summed E-state index contributed by atoms with van der Waals surface area (Å²) in [6.07, 6.45) is 8.70. The van der Waals surface area contributed by atoms with E-state index in [0.29, 0.717) is 0 Å². The second-order valence-electron chi connectivity index (χ2n) is 4.85. The summed E-state index contributed by atoms with van der Waals surface area (Å²) in [5.74, 6) is 0.995. The molecule has 0 amide bonds. The van der Waals surface area contributed by atoms with Crippen LogP contribution in [0.1, 0.15) is 45.4 Å². The summed E-state index contributed by atoms with van der Waals surface area (Å²) < 4.78 is 0. The van der Waals surface area contributed by atoms with Crippen LogP contribution in [0.3, 0.4) is 0 Å². The largest absolute Gasteiger partial charge is 1.00 e. The van der Waals surface area contributed by atoms with Crippen molar-refractivity contribution in [2.45, 2.75) is 45.4 Å². The van der Waals surface area contributed by atoms with Gasteiger partial charge in [0.1, 0.15) is 0 Å². The molecule has 2 fully saturated rings. The van der Waals surface area contributed by atoms with Crippen molar-refractivity contribution >= 4 is 0 Å². The van der Waals surface area contributed by atoms with Crippen molar-refractivity contribution in [3.8, 4) is 0 Å². The van der Waals surface area contributed by atoms with Crippen LogP contribution in [0.5, 0.6) is 0 Å². The Labute approximate surface area is 132 Å². The van der Waals surface area contributed by atoms with Crippen molar-refractivity contribution < 1.29 is 51.4 Å². The fraction of sp³-hybridized carbons (Fsp3) is 0.917. The summed E-state index contributed by atoms with van der Waals surface area (Å²) in [5.41, 5.74) is 0.744. The first-order chi connectivity index (χ1) is 5.81. The molecular weight excluding hydrogens is 197 g/mol. The summed E-state index contributed by atoms with van der Waals surface area (Å²) in [7, 11) is 0. The summed E-state index contributed by atoms with van der Waals surface area (Å²) in [4.78, 5) is 0. The van der Waals surface area contributed by atoms with E-state index in [-0.39, 0.29) is 58.8 Å². The molecule has 0 bridgehead atoms. The van der Waals surface area contributed by atoms with Crippen molar-refractivity contribution in [1.29, 1.82) is 0 Å². The molecule has 0 N–H and O–H groups in total. The van der Waals surface area contributed by atoms with Crippen molar-refractivity contribution in [3.63, 3.8) is 0 Å². The number of rotatable bonds is 0. The minimum Gasteiger partial charge on any atom is -0.662 e. The normalized spacial score (nSPS) is 26.4. The van der Waals surface area contributed by atoms with E-state index in [1.165, 1.54) is 38.5 Å². The number of hydrogen-bond donors (Lipinski definition) is 0. The van der Waals surface area contributed by atoms with E-state index < -0.39 is 0 Å². The molecule has 1 aliphatic carbocycles. The standard InChI is InChI=1S/C11H20N.CH3.K/c1-10-2-4-11(5-3-10)6-8-12-9-7-11;;/h10H,2-9H2,1H3;1H3;/q2*-1;+1. The minimum absolute atomic E-state index is 0. The van der Waals surface area contributed by atoms with Gasteiger partial charge in [-0.2, -0.15) is 0 Å². The Morgan fingerprint density at radius 1 is 1.00 bits per heavy atom. The van der Waals surface area contributed by atoms with Gasteiger partial charge in [-0.3, -0.25) is 0 Å². The monoisotopic (exact) mass is 220 g/mol. The Morgan fingerprint density at radius 3 is 2.00 bits per heavy atom. The van der Waals surface area contributed by atoms with E-state index in [9.17, 15) is 0 Å². The SMILES string of the molecule is CC1CCC2(CC[N-]CC2)CC1.[CH3-].[K+]. The minimum atomic E-state index is 0. The Hall–Kier alpha value is 1.60. The molecule has 1 aliphatic heterocycles. The predicted octanol–water partition coefficient (Wildman–Crippen LogP) is 0.805. The Morgan fingerprint density at radius 2 is 1.50 bits per heavy atom. The van der Waals surface area contributed by atoms with Gasteiger partial charge in [0, 0.05) is 0 Å². The molecule has 1 saturated heterocycles. The Kier molecular flexibility index (Phi) is 7.83. The molecule has 14 heavy (non-hydrogen) atoms. The van der Waals surface area contributed by atoms with Gasteiger partial charge in [0.05, 0.1) is 0 Å². The van der Waals surface area contributed by atoms with Gasteiger partial charge in [0.25, 0.3) is 0 Å². The van der Waals surface area contributed by atoms with Crippen LogP contribution in [0.15, 0.2) is 0 Å². The van der Waals surface area contributed by atoms with Crippen LogP contribution in [-0.2, 0) is 0 Å². The summed E-state index contributed by atoms with van der Waals surface area (Å²) in [6, 6.07) is 0. The van der Waals surface area contributed by atoms with E-state index in [0.717, 1.165) is 24.4 Å². The van der Waals surface area contributed by atoms with E-state index in [1.807, 2.05) is 0 Å². The van der Waals surface area contributed by atoms with Crippen LogP contribution in [0.4, 0.5) is 0 Å². The smallest absolute Gasteiger partial charge is 0.662 e. The van der Waals surface area contributed by atoms with Gasteiger partial charge in [-0.1, -0.05) is 32.6 Å². The van der Waals surface area contributed by atoms with E-state index >= 15 is 0 Å². The fourth-order valence-electron chi connectivity index (χ4n) is 2.74. The van der Waals surface area contributed by atoms with Gasteiger partial charge in [-0.25, -0.2) is 0 Å². The molecule has 0 aromatic rings. The molecule has 2 aliphatic rings. The number of piperidine rings is 1. The summed E-state index contributed by atoms with van der Waals surface area (Å²) >= 11 is 0. The zero-order valence-corrected chi connectivity index (χ0v) is 13.3. The van der Waals surface area contributed by atoms with Crippen molar-refractivity contribution in [3.05, 3.63) is 12.7 Å². The first-order valence-corrected chi connectivity index (χ1v) is 5.44. The third kappa shape index (κ3) is 3.87. The van der Waals surface area contributed by atoms with Gasteiger partial charge >= 0.3 is 51.4 Å². The molecule has 0 unspecified atom stereocenters. The molecule has 2 rings (SSSR count). The maximum absolute atomic E-state index is 4.45. The van der Waals surface area contributed by atoms with Gasteiger partial charge in [-0.05, 0) is 24.2 Å². The van der Waals surface area contributed by atoms with Gasteiger partial charge in [-0.15, -0.1) is 13.1 Å². The van der Waals surface area contributed by atoms with Crippen molar-refractivity contribution in [1.82, 2.24) is 0 Å². The summed E-state index contributed by atoms with van der Waals surface area (Å²) in [5, 5.41) is 4.45. The quantitative estimate of drug-likeness (QED) is 0.424. The van der Waals surface area contributed by atoms with E-state index in [2.05, 4.69) is 12.2 Å². The van der Waals surface area contributed by atoms with Crippen molar-refractivity contribution in [2.75, 3.05) is 13.1 Å². The molecule has 2 heteroatoms. The first-order valence-electron chi connectivity index (χ1n) is 5.44. The molecule has 0 aromatic heterocycles. The molecule has 1 nitrogen and oxygen atoms in total. The molecule has 0 radical (unpaired) electrons. The van der Waals surface area contributed by atoms with E-state index in [1.54, 1.807) is 0 Å². The average molecular weight is 220 g/mol. The summed E-state index contributed by atoms with van der Waals surface area (Å²) in [6.45, 7) is 4.70. The maximum atomic E-state index is 4.45. The topological polar surface area (TPSA) is 14.1 Å². The number of nitrogens with zero attached hydrogens (tertiary/aromatic N) is 1. The Balaban J connectivity index is 0.000000845. The molecule has 0 aromatic carbocycles. The zero-order chi connectivity index (χ0) is 8.44.